The van der Waals surface area contributed by atoms with Gasteiger partial charge in [0.2, 0.25) is 0 Å². The molecule has 0 aliphatic carbocycles. The molecular weight excluding hydrogens is 266 g/mol. The monoisotopic (exact) mass is 285 g/mol. The molecule has 5 heteroatoms. The first-order chi connectivity index (χ1) is 10.0. The number of benzene rings is 1. The van der Waals surface area contributed by atoms with Crippen molar-refractivity contribution >= 4 is 5.91 Å². The molecule has 0 unspecified atom stereocenters. The van der Waals surface area contributed by atoms with Crippen LogP contribution in [0.25, 0.3) is 5.69 Å². The first-order valence-electron chi connectivity index (χ1n) is 7.15. The Labute approximate surface area is 123 Å². The maximum Gasteiger partial charge on any atom is 0.253 e. The number of β-amino-alcohol motifs (C(OH)–C–C–N with tert-alkyl or cyclic N) is 1. The molecule has 0 saturated carbocycles. The molecule has 2 aromatic rings. The van der Waals surface area contributed by atoms with Gasteiger partial charge in [0.05, 0.1) is 17.5 Å². The summed E-state index contributed by atoms with van der Waals surface area (Å²) in [5.41, 5.74) is 3.63. The van der Waals surface area contributed by atoms with Crippen LogP contribution in [-0.2, 0) is 0 Å². The van der Waals surface area contributed by atoms with Crippen molar-refractivity contribution < 1.29 is 9.90 Å². The van der Waals surface area contributed by atoms with Gasteiger partial charge in [0.15, 0.2) is 0 Å². The fraction of sp³-hybridized carbons (Fsp3) is 0.375. The lowest BCUT2D eigenvalue weighted by atomic mass is 10.2. The summed E-state index contributed by atoms with van der Waals surface area (Å²) in [6.45, 7) is 5.02. The average molecular weight is 285 g/mol. The van der Waals surface area contributed by atoms with E-state index in [1.165, 1.54) is 0 Å². The Hall–Kier alpha value is -2.14. The van der Waals surface area contributed by atoms with Crippen LogP contribution in [0, 0.1) is 13.8 Å². The molecule has 1 saturated heterocycles. The van der Waals surface area contributed by atoms with Crippen LogP contribution in [-0.4, -0.2) is 44.9 Å². The Morgan fingerprint density at radius 1 is 1.29 bits per heavy atom. The van der Waals surface area contributed by atoms with Crippen molar-refractivity contribution in [3.63, 3.8) is 0 Å². The number of hydrogen-bond donors (Lipinski definition) is 1. The standard InChI is InChI=1S/C16H19N3O2/c1-11-9-12(2)19(17-11)14-5-3-13(4-6-14)16(21)18-8-7-15(20)10-18/h3-6,9,15,20H,7-8,10H2,1-2H3/t15-/m1/s1. The van der Waals surface area contributed by atoms with Crippen molar-refractivity contribution in [3.8, 4) is 5.69 Å². The Morgan fingerprint density at radius 3 is 2.52 bits per heavy atom. The number of likely N-dealkylation sites (tertiary alicyclic amines) is 1. The van der Waals surface area contributed by atoms with Gasteiger partial charge in [-0.1, -0.05) is 0 Å². The van der Waals surface area contributed by atoms with Crippen molar-refractivity contribution in [2.75, 3.05) is 13.1 Å². The highest BCUT2D eigenvalue weighted by atomic mass is 16.3. The van der Waals surface area contributed by atoms with E-state index >= 15 is 0 Å². The first-order valence-corrected chi connectivity index (χ1v) is 7.15. The molecule has 1 aromatic heterocycles. The summed E-state index contributed by atoms with van der Waals surface area (Å²) in [7, 11) is 0. The molecular formula is C16H19N3O2. The summed E-state index contributed by atoms with van der Waals surface area (Å²) in [5, 5.41) is 13.9. The van der Waals surface area contributed by atoms with Crippen LogP contribution in [0.2, 0.25) is 0 Å². The molecule has 1 fully saturated rings. The number of aromatic nitrogens is 2. The van der Waals surface area contributed by atoms with E-state index in [1.807, 2.05) is 48.9 Å². The third-order valence-electron chi connectivity index (χ3n) is 3.82. The van der Waals surface area contributed by atoms with Crippen molar-refractivity contribution in [1.82, 2.24) is 14.7 Å². The molecule has 1 aliphatic heterocycles. The molecule has 1 N–H and O–H groups in total. The summed E-state index contributed by atoms with van der Waals surface area (Å²) in [4.78, 5) is 14.0. The van der Waals surface area contributed by atoms with E-state index in [9.17, 15) is 9.90 Å². The normalized spacial score (nSPS) is 18.2. The third kappa shape index (κ3) is 2.69. The van der Waals surface area contributed by atoms with Gasteiger partial charge in [0, 0.05) is 24.3 Å². The number of hydrogen-bond acceptors (Lipinski definition) is 3. The molecule has 1 atom stereocenters. The van der Waals surface area contributed by atoms with Crippen LogP contribution in [0.3, 0.4) is 0 Å². The smallest absolute Gasteiger partial charge is 0.253 e. The van der Waals surface area contributed by atoms with Gasteiger partial charge < -0.3 is 10.0 Å². The van der Waals surface area contributed by atoms with E-state index in [0.29, 0.717) is 25.1 Å². The van der Waals surface area contributed by atoms with Crippen molar-refractivity contribution in [1.29, 1.82) is 0 Å². The number of aliphatic hydroxyl groups is 1. The van der Waals surface area contributed by atoms with Gasteiger partial charge in [-0.15, -0.1) is 0 Å². The predicted octanol–water partition coefficient (Wildman–Crippen LogP) is 1.70. The minimum atomic E-state index is -0.386. The minimum Gasteiger partial charge on any atom is -0.391 e. The first kappa shape index (κ1) is 13.8. The maximum absolute atomic E-state index is 12.3. The lowest BCUT2D eigenvalue weighted by molar-refractivity contribution is 0.0765. The van der Waals surface area contributed by atoms with E-state index in [2.05, 4.69) is 5.10 Å². The fourth-order valence-electron chi connectivity index (χ4n) is 2.74. The fourth-order valence-corrected chi connectivity index (χ4v) is 2.74. The summed E-state index contributed by atoms with van der Waals surface area (Å²) >= 11 is 0. The molecule has 110 valence electrons. The highest BCUT2D eigenvalue weighted by Crippen LogP contribution is 2.16. The Bertz CT molecular complexity index is 661. The zero-order valence-corrected chi connectivity index (χ0v) is 12.3. The van der Waals surface area contributed by atoms with Crippen LogP contribution in [0.4, 0.5) is 0 Å². The lowest BCUT2D eigenvalue weighted by Crippen LogP contribution is -2.29. The van der Waals surface area contributed by atoms with Gasteiger partial charge in [0.1, 0.15) is 0 Å². The van der Waals surface area contributed by atoms with Gasteiger partial charge in [0.25, 0.3) is 5.91 Å². The summed E-state index contributed by atoms with van der Waals surface area (Å²) in [6.07, 6.45) is 0.276. The van der Waals surface area contributed by atoms with Crippen LogP contribution in [0.5, 0.6) is 0 Å². The van der Waals surface area contributed by atoms with Crippen molar-refractivity contribution in [2.24, 2.45) is 0 Å². The second kappa shape index (κ2) is 5.33. The van der Waals surface area contributed by atoms with E-state index < -0.39 is 0 Å². The molecule has 0 radical (unpaired) electrons. The van der Waals surface area contributed by atoms with Crippen LogP contribution < -0.4 is 0 Å². The Balaban J connectivity index is 1.81. The summed E-state index contributed by atoms with van der Waals surface area (Å²) < 4.78 is 1.86. The van der Waals surface area contributed by atoms with Gasteiger partial charge in [-0.3, -0.25) is 4.79 Å². The predicted molar refractivity (Wildman–Crippen MR) is 79.6 cm³/mol. The third-order valence-corrected chi connectivity index (χ3v) is 3.82. The number of carbonyl (C=O) groups excluding carboxylic acids is 1. The van der Waals surface area contributed by atoms with Gasteiger partial charge in [-0.05, 0) is 50.6 Å². The second-order valence-corrected chi connectivity index (χ2v) is 5.58. The summed E-state index contributed by atoms with van der Waals surface area (Å²) in [6, 6.07) is 9.46. The van der Waals surface area contributed by atoms with Crippen LogP contribution >= 0.6 is 0 Å². The van der Waals surface area contributed by atoms with Gasteiger partial charge >= 0.3 is 0 Å². The zero-order chi connectivity index (χ0) is 15.0. The number of carbonyl (C=O) groups is 1. The number of aryl methyl sites for hydroxylation is 2. The van der Waals surface area contributed by atoms with E-state index in [4.69, 9.17) is 0 Å². The number of aliphatic hydroxyl groups excluding tert-OH is 1. The molecule has 1 aliphatic rings. The molecule has 0 spiro atoms. The van der Waals surface area contributed by atoms with E-state index in [1.54, 1.807) is 4.90 Å². The highest BCUT2D eigenvalue weighted by Gasteiger charge is 2.25. The Morgan fingerprint density at radius 2 is 2.00 bits per heavy atom. The average Bonchev–Trinajstić information content (AvgIpc) is 3.04. The molecule has 1 aromatic carbocycles. The minimum absolute atomic E-state index is 0.0218. The van der Waals surface area contributed by atoms with E-state index in [-0.39, 0.29) is 12.0 Å². The molecule has 3 rings (SSSR count). The topological polar surface area (TPSA) is 58.4 Å². The van der Waals surface area contributed by atoms with E-state index in [0.717, 1.165) is 17.1 Å². The van der Waals surface area contributed by atoms with Gasteiger partial charge in [-0.2, -0.15) is 5.10 Å². The number of rotatable bonds is 2. The number of amides is 1. The van der Waals surface area contributed by atoms with Crippen LogP contribution in [0.1, 0.15) is 28.2 Å². The zero-order valence-electron chi connectivity index (χ0n) is 12.3. The second-order valence-electron chi connectivity index (χ2n) is 5.58. The molecule has 0 bridgehead atoms. The quantitative estimate of drug-likeness (QED) is 0.913. The largest absolute Gasteiger partial charge is 0.391 e. The van der Waals surface area contributed by atoms with Crippen molar-refractivity contribution in [3.05, 3.63) is 47.3 Å². The molecule has 5 nitrogen and oxygen atoms in total. The molecule has 2 heterocycles. The highest BCUT2D eigenvalue weighted by molar-refractivity contribution is 5.94. The Kier molecular flexibility index (Phi) is 3.51. The molecule has 1 amide bonds. The SMILES string of the molecule is Cc1cc(C)n(-c2ccc(C(=O)N3CC[C@@H](O)C3)cc2)n1. The lowest BCUT2D eigenvalue weighted by Gasteiger charge is -2.15. The maximum atomic E-state index is 12.3. The van der Waals surface area contributed by atoms with Crippen LogP contribution in [0.15, 0.2) is 30.3 Å². The van der Waals surface area contributed by atoms with Crippen molar-refractivity contribution in [2.45, 2.75) is 26.4 Å². The number of nitrogens with zero attached hydrogens (tertiary/aromatic N) is 3. The molecule has 21 heavy (non-hydrogen) atoms. The summed E-state index contributed by atoms with van der Waals surface area (Å²) in [5.74, 6) is -0.0218. The van der Waals surface area contributed by atoms with Gasteiger partial charge in [-0.25, -0.2) is 4.68 Å².